The Morgan fingerprint density at radius 3 is 2.89 bits per heavy atom. The summed E-state index contributed by atoms with van der Waals surface area (Å²) in [5.41, 5.74) is 7.00. The van der Waals surface area contributed by atoms with Crippen LogP contribution in [-0.4, -0.2) is 24.0 Å². The predicted molar refractivity (Wildman–Crippen MR) is 78.4 cm³/mol. The number of anilines is 1. The molecule has 0 aromatic heterocycles. The van der Waals surface area contributed by atoms with Gasteiger partial charge in [0, 0.05) is 5.69 Å². The Bertz CT molecular complexity index is 442. The molecule has 1 aromatic carbocycles. The maximum Gasteiger partial charge on any atom is 0.241 e. The minimum Gasteiger partial charge on any atom is -0.324 e. The third-order valence-corrected chi connectivity index (χ3v) is 3.75. The third-order valence-electron chi connectivity index (χ3n) is 2.49. The fourth-order valence-electron chi connectivity index (χ4n) is 1.38. The van der Waals surface area contributed by atoms with E-state index in [1.807, 2.05) is 6.26 Å². The molecule has 3 nitrogen and oxygen atoms in total. The first-order valence-corrected chi connectivity index (χ1v) is 7.65. The predicted octanol–water partition coefficient (Wildman–Crippen LogP) is 2.92. The number of hydrogen-bond acceptors (Lipinski definition) is 3. The zero-order valence-electron chi connectivity index (χ0n) is 10.3. The first kappa shape index (κ1) is 15.5. The molecule has 1 amide bonds. The number of benzene rings is 1. The van der Waals surface area contributed by atoms with Crippen molar-refractivity contribution in [1.82, 2.24) is 0 Å². The molecule has 6 heteroatoms. The molecule has 0 radical (unpaired) electrons. The van der Waals surface area contributed by atoms with Gasteiger partial charge in [0.25, 0.3) is 0 Å². The molecule has 0 saturated carbocycles. The molecule has 0 unspecified atom stereocenters. The van der Waals surface area contributed by atoms with Crippen LogP contribution in [0.15, 0.2) is 16.6 Å². The summed E-state index contributed by atoms with van der Waals surface area (Å²) >= 11 is 4.73. The number of thioether (sulfide) groups is 1. The Labute approximate surface area is 119 Å². The van der Waals surface area contributed by atoms with Gasteiger partial charge < -0.3 is 11.1 Å². The van der Waals surface area contributed by atoms with E-state index in [0.29, 0.717) is 22.1 Å². The summed E-state index contributed by atoms with van der Waals surface area (Å²) in [5.74, 6) is 0.239. The van der Waals surface area contributed by atoms with Crippen LogP contribution in [0.2, 0.25) is 0 Å². The SMILES string of the molecule is CSCC[C@@H](N)C(=O)Nc1cc(Br)c(F)cc1C. The van der Waals surface area contributed by atoms with Crippen molar-refractivity contribution in [2.75, 3.05) is 17.3 Å². The second-order valence-electron chi connectivity index (χ2n) is 3.96. The van der Waals surface area contributed by atoms with Crippen LogP contribution in [0.1, 0.15) is 12.0 Å². The van der Waals surface area contributed by atoms with Gasteiger partial charge in [-0.2, -0.15) is 11.8 Å². The first-order valence-electron chi connectivity index (χ1n) is 5.46. The van der Waals surface area contributed by atoms with Crippen molar-refractivity contribution in [3.63, 3.8) is 0 Å². The number of amides is 1. The molecule has 0 spiro atoms. The van der Waals surface area contributed by atoms with E-state index in [2.05, 4.69) is 21.2 Å². The van der Waals surface area contributed by atoms with E-state index >= 15 is 0 Å². The lowest BCUT2D eigenvalue weighted by Gasteiger charge is -2.13. The lowest BCUT2D eigenvalue weighted by atomic mass is 10.1. The summed E-state index contributed by atoms with van der Waals surface area (Å²) in [5, 5.41) is 2.72. The number of nitrogens with two attached hydrogens (primary N) is 1. The number of carbonyl (C=O) groups excluding carboxylic acids is 1. The molecule has 0 heterocycles. The number of hydrogen-bond donors (Lipinski definition) is 2. The van der Waals surface area contributed by atoms with Gasteiger partial charge in [0.2, 0.25) is 5.91 Å². The molecule has 1 rings (SSSR count). The third kappa shape index (κ3) is 4.26. The Morgan fingerprint density at radius 1 is 1.61 bits per heavy atom. The average Bonchev–Trinajstić information content (AvgIpc) is 2.32. The van der Waals surface area contributed by atoms with E-state index in [-0.39, 0.29) is 11.7 Å². The molecule has 0 bridgehead atoms. The summed E-state index contributed by atoms with van der Waals surface area (Å²) in [6.07, 6.45) is 2.58. The van der Waals surface area contributed by atoms with Crippen molar-refractivity contribution in [2.45, 2.75) is 19.4 Å². The molecule has 0 saturated heterocycles. The minimum absolute atomic E-state index is 0.245. The highest BCUT2D eigenvalue weighted by atomic mass is 79.9. The lowest BCUT2D eigenvalue weighted by Crippen LogP contribution is -2.36. The smallest absolute Gasteiger partial charge is 0.241 e. The van der Waals surface area contributed by atoms with Gasteiger partial charge in [0.15, 0.2) is 0 Å². The second kappa shape index (κ2) is 7.11. The topological polar surface area (TPSA) is 55.1 Å². The molecule has 0 aliphatic rings. The van der Waals surface area contributed by atoms with Crippen LogP contribution in [0.4, 0.5) is 10.1 Å². The van der Waals surface area contributed by atoms with Crippen LogP contribution in [-0.2, 0) is 4.79 Å². The molecule has 1 aromatic rings. The van der Waals surface area contributed by atoms with Gasteiger partial charge in [-0.1, -0.05) is 0 Å². The normalized spacial score (nSPS) is 12.3. The fourth-order valence-corrected chi connectivity index (χ4v) is 2.22. The second-order valence-corrected chi connectivity index (χ2v) is 5.80. The maximum absolute atomic E-state index is 13.2. The summed E-state index contributed by atoms with van der Waals surface area (Å²) in [6.45, 7) is 1.73. The summed E-state index contributed by atoms with van der Waals surface area (Å²) in [6, 6.07) is 2.37. The molecular weight excluding hydrogens is 319 g/mol. The van der Waals surface area contributed by atoms with Crippen molar-refractivity contribution < 1.29 is 9.18 Å². The van der Waals surface area contributed by atoms with Crippen molar-refractivity contribution in [1.29, 1.82) is 0 Å². The van der Waals surface area contributed by atoms with Gasteiger partial charge in [-0.3, -0.25) is 4.79 Å². The van der Waals surface area contributed by atoms with E-state index in [1.54, 1.807) is 24.8 Å². The minimum atomic E-state index is -0.541. The van der Waals surface area contributed by atoms with E-state index < -0.39 is 6.04 Å². The zero-order chi connectivity index (χ0) is 13.7. The summed E-state index contributed by atoms with van der Waals surface area (Å²) < 4.78 is 13.6. The average molecular weight is 335 g/mol. The first-order chi connectivity index (χ1) is 8.45. The maximum atomic E-state index is 13.2. The Morgan fingerprint density at radius 2 is 2.28 bits per heavy atom. The van der Waals surface area contributed by atoms with Gasteiger partial charge >= 0.3 is 0 Å². The molecule has 0 aliphatic carbocycles. The van der Waals surface area contributed by atoms with Crippen molar-refractivity contribution >= 4 is 39.3 Å². The number of rotatable bonds is 5. The number of halogens is 2. The quantitative estimate of drug-likeness (QED) is 0.870. The van der Waals surface area contributed by atoms with Gasteiger partial charge in [-0.05, 0) is 59.0 Å². The molecule has 0 fully saturated rings. The number of aryl methyl sites for hydroxylation is 1. The van der Waals surface area contributed by atoms with Crippen LogP contribution in [0.3, 0.4) is 0 Å². The van der Waals surface area contributed by atoms with Gasteiger partial charge in [0.05, 0.1) is 10.5 Å². The molecule has 1 atom stereocenters. The van der Waals surface area contributed by atoms with E-state index in [4.69, 9.17) is 5.73 Å². The highest BCUT2D eigenvalue weighted by Crippen LogP contribution is 2.24. The van der Waals surface area contributed by atoms with Crippen molar-refractivity contribution in [3.05, 3.63) is 28.0 Å². The largest absolute Gasteiger partial charge is 0.324 e. The van der Waals surface area contributed by atoms with Crippen LogP contribution < -0.4 is 11.1 Å². The molecule has 18 heavy (non-hydrogen) atoms. The Hall–Kier alpha value is -0.590. The summed E-state index contributed by atoms with van der Waals surface area (Å²) in [7, 11) is 0. The Balaban J connectivity index is 2.72. The molecule has 100 valence electrons. The van der Waals surface area contributed by atoms with Crippen LogP contribution in [0.5, 0.6) is 0 Å². The van der Waals surface area contributed by atoms with Crippen molar-refractivity contribution in [3.8, 4) is 0 Å². The van der Waals surface area contributed by atoms with Gasteiger partial charge in [-0.15, -0.1) is 0 Å². The number of nitrogens with one attached hydrogen (secondary N) is 1. The fraction of sp³-hybridized carbons (Fsp3) is 0.417. The van der Waals surface area contributed by atoms with Crippen molar-refractivity contribution in [2.24, 2.45) is 5.73 Å². The standard InChI is InChI=1S/C12H16BrFN2OS/c1-7-5-9(14)8(13)6-11(7)16-12(17)10(15)3-4-18-2/h5-6,10H,3-4,15H2,1-2H3,(H,16,17)/t10-/m1/s1. The molecule has 0 aliphatic heterocycles. The summed E-state index contributed by atoms with van der Waals surface area (Å²) in [4.78, 5) is 11.8. The zero-order valence-corrected chi connectivity index (χ0v) is 12.7. The van der Waals surface area contributed by atoms with Gasteiger partial charge in [0.1, 0.15) is 5.82 Å². The van der Waals surface area contributed by atoms with E-state index in [9.17, 15) is 9.18 Å². The lowest BCUT2D eigenvalue weighted by molar-refractivity contribution is -0.117. The van der Waals surface area contributed by atoms with Crippen LogP contribution in [0.25, 0.3) is 0 Å². The van der Waals surface area contributed by atoms with Gasteiger partial charge in [-0.25, -0.2) is 4.39 Å². The molecular formula is C12H16BrFN2OS. The van der Waals surface area contributed by atoms with Crippen LogP contribution in [0, 0.1) is 12.7 Å². The highest BCUT2D eigenvalue weighted by molar-refractivity contribution is 9.10. The number of carbonyl (C=O) groups is 1. The van der Waals surface area contributed by atoms with Crippen LogP contribution >= 0.6 is 27.7 Å². The monoisotopic (exact) mass is 334 g/mol. The Kier molecular flexibility index (Phi) is 6.11. The van der Waals surface area contributed by atoms with E-state index in [0.717, 1.165) is 5.75 Å². The molecule has 3 N–H and O–H groups in total. The van der Waals surface area contributed by atoms with E-state index in [1.165, 1.54) is 6.07 Å². The highest BCUT2D eigenvalue weighted by Gasteiger charge is 2.15.